The summed E-state index contributed by atoms with van der Waals surface area (Å²) in [5.74, 6) is 1.72. The molecule has 0 unspecified atom stereocenters. The number of aryl methyl sites for hydroxylation is 1. The van der Waals surface area contributed by atoms with E-state index in [-0.39, 0.29) is 23.8 Å². The molecule has 7 nitrogen and oxygen atoms in total. The van der Waals surface area contributed by atoms with Crippen LogP contribution in [0.2, 0.25) is 0 Å². The SMILES string of the molecule is COc1ccc(CN(C(=O)CCc2ccc(OC)c(OC)c2)[C@@H](C)C(=O)NC(C)(C)C)cc1. The number of carbonyl (C=O) groups excluding carboxylic acids is 2. The summed E-state index contributed by atoms with van der Waals surface area (Å²) in [6.07, 6.45) is 0.782. The number of amides is 2. The van der Waals surface area contributed by atoms with E-state index in [1.54, 1.807) is 33.2 Å². The Labute approximate surface area is 197 Å². The van der Waals surface area contributed by atoms with Gasteiger partial charge in [0.2, 0.25) is 11.8 Å². The van der Waals surface area contributed by atoms with E-state index in [1.807, 2.05) is 63.2 Å². The Bertz CT molecular complexity index is 935. The number of benzene rings is 2. The van der Waals surface area contributed by atoms with Crippen molar-refractivity contribution in [3.05, 3.63) is 53.6 Å². The summed E-state index contributed by atoms with van der Waals surface area (Å²) in [4.78, 5) is 27.8. The number of ether oxygens (including phenoxy) is 3. The molecule has 2 aromatic rings. The van der Waals surface area contributed by atoms with E-state index < -0.39 is 6.04 Å². The third-order valence-corrected chi connectivity index (χ3v) is 5.25. The van der Waals surface area contributed by atoms with Gasteiger partial charge in [-0.3, -0.25) is 9.59 Å². The third kappa shape index (κ3) is 7.70. The molecule has 33 heavy (non-hydrogen) atoms. The molecule has 2 amide bonds. The first-order chi connectivity index (χ1) is 15.6. The van der Waals surface area contributed by atoms with Crippen LogP contribution in [0.3, 0.4) is 0 Å². The molecular weight excluding hydrogens is 420 g/mol. The molecule has 0 saturated heterocycles. The fourth-order valence-electron chi connectivity index (χ4n) is 3.42. The molecule has 0 aromatic heterocycles. The second-order valence-electron chi connectivity index (χ2n) is 8.97. The van der Waals surface area contributed by atoms with Crippen LogP contribution in [0, 0.1) is 0 Å². The lowest BCUT2D eigenvalue weighted by molar-refractivity contribution is -0.141. The van der Waals surface area contributed by atoms with Gasteiger partial charge in [0.25, 0.3) is 0 Å². The number of methoxy groups -OCH3 is 3. The van der Waals surface area contributed by atoms with Gasteiger partial charge in [-0.25, -0.2) is 0 Å². The van der Waals surface area contributed by atoms with Gasteiger partial charge in [0, 0.05) is 18.5 Å². The zero-order chi connectivity index (χ0) is 24.6. The van der Waals surface area contributed by atoms with Crippen molar-refractivity contribution in [2.45, 2.75) is 58.7 Å². The van der Waals surface area contributed by atoms with Gasteiger partial charge in [-0.05, 0) is 69.5 Å². The van der Waals surface area contributed by atoms with Gasteiger partial charge >= 0.3 is 0 Å². The first-order valence-electron chi connectivity index (χ1n) is 11.0. The molecule has 0 radical (unpaired) electrons. The maximum Gasteiger partial charge on any atom is 0.242 e. The molecule has 0 heterocycles. The number of hydrogen-bond donors (Lipinski definition) is 1. The second-order valence-corrected chi connectivity index (χ2v) is 8.97. The standard InChI is InChI=1S/C26H36N2O5/c1-18(25(30)27-26(2,3)4)28(17-20-8-12-21(31-5)13-9-20)24(29)15-11-19-10-14-22(32-6)23(16-19)33-7/h8-10,12-14,16,18H,11,15,17H2,1-7H3,(H,27,30)/t18-/m0/s1. The van der Waals surface area contributed by atoms with Crippen LogP contribution in [-0.2, 0) is 22.6 Å². The van der Waals surface area contributed by atoms with Crippen molar-refractivity contribution in [1.29, 1.82) is 0 Å². The summed E-state index contributed by atoms with van der Waals surface area (Å²) >= 11 is 0. The molecule has 2 aromatic carbocycles. The van der Waals surface area contributed by atoms with E-state index in [9.17, 15) is 9.59 Å². The van der Waals surface area contributed by atoms with Crippen LogP contribution in [0.25, 0.3) is 0 Å². The van der Waals surface area contributed by atoms with Crippen molar-refractivity contribution >= 4 is 11.8 Å². The number of carbonyl (C=O) groups is 2. The average Bonchev–Trinajstić information content (AvgIpc) is 2.79. The minimum absolute atomic E-state index is 0.0998. The summed E-state index contributed by atoms with van der Waals surface area (Å²) in [5, 5.41) is 2.98. The number of nitrogens with zero attached hydrogens (tertiary/aromatic N) is 1. The molecule has 1 atom stereocenters. The van der Waals surface area contributed by atoms with Gasteiger partial charge in [-0.15, -0.1) is 0 Å². The van der Waals surface area contributed by atoms with E-state index >= 15 is 0 Å². The average molecular weight is 457 g/mol. The Kier molecular flexibility index (Phi) is 9.14. The van der Waals surface area contributed by atoms with Gasteiger partial charge in [0.15, 0.2) is 11.5 Å². The maximum atomic E-state index is 13.3. The van der Waals surface area contributed by atoms with Crippen LogP contribution >= 0.6 is 0 Å². The van der Waals surface area contributed by atoms with E-state index in [1.165, 1.54) is 0 Å². The maximum absolute atomic E-state index is 13.3. The number of rotatable bonds is 10. The Hall–Kier alpha value is -3.22. The first kappa shape index (κ1) is 26.0. The lowest BCUT2D eigenvalue weighted by Crippen LogP contribution is -2.52. The van der Waals surface area contributed by atoms with E-state index in [0.29, 0.717) is 24.5 Å². The fraction of sp³-hybridized carbons (Fsp3) is 0.462. The monoisotopic (exact) mass is 456 g/mol. The van der Waals surface area contributed by atoms with Crippen LogP contribution in [0.5, 0.6) is 17.2 Å². The van der Waals surface area contributed by atoms with Gasteiger partial charge in [0.05, 0.1) is 21.3 Å². The minimum Gasteiger partial charge on any atom is -0.497 e. The fourth-order valence-corrected chi connectivity index (χ4v) is 3.42. The smallest absolute Gasteiger partial charge is 0.242 e. The number of hydrogen-bond acceptors (Lipinski definition) is 5. The zero-order valence-electron chi connectivity index (χ0n) is 20.7. The summed E-state index contributed by atoms with van der Waals surface area (Å²) in [5.41, 5.74) is 1.49. The Morgan fingerprint density at radius 2 is 1.52 bits per heavy atom. The van der Waals surface area contributed by atoms with Gasteiger partial charge in [-0.1, -0.05) is 18.2 Å². The summed E-state index contributed by atoms with van der Waals surface area (Å²) in [6, 6.07) is 12.5. The molecule has 0 aliphatic rings. The molecule has 7 heteroatoms. The van der Waals surface area contributed by atoms with Crippen LogP contribution in [0.4, 0.5) is 0 Å². The lowest BCUT2D eigenvalue weighted by Gasteiger charge is -2.31. The van der Waals surface area contributed by atoms with Crippen molar-refractivity contribution in [3.63, 3.8) is 0 Å². The van der Waals surface area contributed by atoms with Crippen LogP contribution in [0.1, 0.15) is 45.2 Å². The van der Waals surface area contributed by atoms with Crippen molar-refractivity contribution in [1.82, 2.24) is 10.2 Å². The Morgan fingerprint density at radius 3 is 2.06 bits per heavy atom. The molecule has 0 aliphatic carbocycles. The molecule has 0 spiro atoms. The number of nitrogens with one attached hydrogen (secondary N) is 1. The molecule has 0 saturated carbocycles. The quantitative estimate of drug-likeness (QED) is 0.585. The largest absolute Gasteiger partial charge is 0.497 e. The van der Waals surface area contributed by atoms with E-state index in [0.717, 1.165) is 16.9 Å². The first-order valence-corrected chi connectivity index (χ1v) is 11.0. The minimum atomic E-state index is -0.621. The molecule has 0 bridgehead atoms. The summed E-state index contributed by atoms with van der Waals surface area (Å²) < 4.78 is 15.9. The topological polar surface area (TPSA) is 77.1 Å². The van der Waals surface area contributed by atoms with Crippen molar-refractivity contribution in [2.24, 2.45) is 0 Å². The Balaban J connectivity index is 2.19. The Morgan fingerprint density at radius 1 is 0.909 bits per heavy atom. The molecule has 0 aliphatic heterocycles. The molecule has 180 valence electrons. The van der Waals surface area contributed by atoms with Crippen molar-refractivity contribution in [2.75, 3.05) is 21.3 Å². The van der Waals surface area contributed by atoms with E-state index in [2.05, 4.69) is 5.32 Å². The van der Waals surface area contributed by atoms with Crippen molar-refractivity contribution < 1.29 is 23.8 Å². The molecule has 1 N–H and O–H groups in total. The highest BCUT2D eigenvalue weighted by Gasteiger charge is 2.28. The predicted octanol–water partition coefficient (Wildman–Crippen LogP) is 3.98. The van der Waals surface area contributed by atoms with Crippen LogP contribution in [-0.4, -0.2) is 49.6 Å². The van der Waals surface area contributed by atoms with Crippen molar-refractivity contribution in [3.8, 4) is 17.2 Å². The highest BCUT2D eigenvalue weighted by Crippen LogP contribution is 2.28. The van der Waals surface area contributed by atoms with Crippen LogP contribution < -0.4 is 19.5 Å². The second kappa shape index (κ2) is 11.6. The molecule has 2 rings (SSSR count). The van der Waals surface area contributed by atoms with Gasteiger partial charge in [0.1, 0.15) is 11.8 Å². The normalized spacial score (nSPS) is 12.0. The summed E-state index contributed by atoms with van der Waals surface area (Å²) in [6.45, 7) is 7.85. The highest BCUT2D eigenvalue weighted by atomic mass is 16.5. The highest BCUT2D eigenvalue weighted by molar-refractivity contribution is 5.87. The van der Waals surface area contributed by atoms with E-state index in [4.69, 9.17) is 14.2 Å². The summed E-state index contributed by atoms with van der Waals surface area (Å²) in [7, 11) is 4.78. The third-order valence-electron chi connectivity index (χ3n) is 5.25. The lowest BCUT2D eigenvalue weighted by atomic mass is 10.1. The molecule has 0 fully saturated rings. The molecular formula is C26H36N2O5. The zero-order valence-corrected chi connectivity index (χ0v) is 20.7. The van der Waals surface area contributed by atoms with Gasteiger partial charge < -0.3 is 24.4 Å². The predicted molar refractivity (Wildman–Crippen MR) is 129 cm³/mol. The van der Waals surface area contributed by atoms with Gasteiger partial charge in [-0.2, -0.15) is 0 Å². The van der Waals surface area contributed by atoms with Crippen LogP contribution in [0.15, 0.2) is 42.5 Å².